The maximum atomic E-state index is 6.77. The van der Waals surface area contributed by atoms with E-state index in [1.165, 1.54) is 10.9 Å². The van der Waals surface area contributed by atoms with Crippen LogP contribution in [-0.4, -0.2) is 11.5 Å². The molecule has 0 bridgehead atoms. The van der Waals surface area contributed by atoms with Crippen molar-refractivity contribution in [1.82, 2.24) is 4.98 Å². The van der Waals surface area contributed by atoms with Crippen molar-refractivity contribution >= 4 is 10.9 Å². The standard InChI is InChI=1S/C12H10N2/c1-13-8-6-10-7-9-14-12-5-3-2-4-11(10)12/h2-5,7,9H,6,8H2. The molecule has 2 aromatic rings. The zero-order valence-corrected chi connectivity index (χ0v) is 7.77. The fourth-order valence-corrected chi connectivity index (χ4v) is 1.55. The maximum absolute atomic E-state index is 6.77. The molecule has 0 aliphatic rings. The van der Waals surface area contributed by atoms with Crippen LogP contribution in [0.15, 0.2) is 36.5 Å². The molecule has 0 aliphatic carbocycles. The molecule has 1 aromatic carbocycles. The molecular weight excluding hydrogens is 172 g/mol. The third-order valence-electron chi connectivity index (χ3n) is 2.23. The summed E-state index contributed by atoms with van der Waals surface area (Å²) in [4.78, 5) is 7.64. The summed E-state index contributed by atoms with van der Waals surface area (Å²) < 4.78 is 0. The van der Waals surface area contributed by atoms with Gasteiger partial charge in [-0.05, 0) is 17.7 Å². The molecule has 0 spiro atoms. The quantitative estimate of drug-likeness (QED) is 0.653. The van der Waals surface area contributed by atoms with Gasteiger partial charge in [-0.1, -0.05) is 18.2 Å². The Balaban J connectivity index is 2.49. The lowest BCUT2D eigenvalue weighted by atomic mass is 10.1. The van der Waals surface area contributed by atoms with E-state index in [9.17, 15) is 0 Å². The van der Waals surface area contributed by atoms with Gasteiger partial charge in [0, 0.05) is 18.0 Å². The number of rotatable bonds is 2. The molecule has 0 fully saturated rings. The Morgan fingerprint density at radius 3 is 2.93 bits per heavy atom. The number of pyridine rings is 1. The first kappa shape index (κ1) is 8.71. The van der Waals surface area contributed by atoms with Crippen LogP contribution in [-0.2, 0) is 6.42 Å². The third-order valence-corrected chi connectivity index (χ3v) is 2.23. The molecule has 0 radical (unpaired) electrons. The Morgan fingerprint density at radius 1 is 1.21 bits per heavy atom. The van der Waals surface area contributed by atoms with Crippen LogP contribution in [0.5, 0.6) is 0 Å². The second-order valence-electron chi connectivity index (χ2n) is 3.12. The minimum atomic E-state index is 0.550. The summed E-state index contributed by atoms with van der Waals surface area (Å²) in [6.07, 6.45) is 2.62. The van der Waals surface area contributed by atoms with Gasteiger partial charge in [-0.2, -0.15) is 0 Å². The lowest BCUT2D eigenvalue weighted by Gasteiger charge is -2.01. The van der Waals surface area contributed by atoms with Crippen molar-refractivity contribution in [3.63, 3.8) is 0 Å². The van der Waals surface area contributed by atoms with E-state index in [2.05, 4.69) is 15.9 Å². The van der Waals surface area contributed by atoms with Gasteiger partial charge in [-0.15, -0.1) is 0 Å². The third kappa shape index (κ3) is 1.57. The summed E-state index contributed by atoms with van der Waals surface area (Å²) in [5, 5.41) is 1.17. The first-order chi connectivity index (χ1) is 6.92. The summed E-state index contributed by atoms with van der Waals surface area (Å²) in [6.45, 7) is 7.32. The molecule has 0 aliphatic heterocycles. The van der Waals surface area contributed by atoms with E-state index in [0.717, 1.165) is 11.9 Å². The maximum Gasteiger partial charge on any atom is 0.218 e. The molecule has 1 heterocycles. The number of benzene rings is 1. The van der Waals surface area contributed by atoms with E-state index >= 15 is 0 Å². The second-order valence-corrected chi connectivity index (χ2v) is 3.12. The number of aromatic nitrogens is 1. The highest BCUT2D eigenvalue weighted by molar-refractivity contribution is 5.81. The van der Waals surface area contributed by atoms with Gasteiger partial charge in [0.05, 0.1) is 5.52 Å². The summed E-state index contributed by atoms with van der Waals surface area (Å²) >= 11 is 0. The van der Waals surface area contributed by atoms with Gasteiger partial charge in [0.25, 0.3) is 0 Å². The Hall–Kier alpha value is -1.88. The van der Waals surface area contributed by atoms with Crippen LogP contribution in [0.4, 0.5) is 0 Å². The van der Waals surface area contributed by atoms with Crippen LogP contribution < -0.4 is 0 Å². The number of nitrogens with zero attached hydrogens (tertiary/aromatic N) is 2. The summed E-state index contributed by atoms with van der Waals surface area (Å²) in [7, 11) is 0. The monoisotopic (exact) mass is 182 g/mol. The van der Waals surface area contributed by atoms with E-state index in [1.807, 2.05) is 30.5 Å². The highest BCUT2D eigenvalue weighted by atomic mass is 14.7. The number of hydrogen-bond donors (Lipinski definition) is 0. The first-order valence-electron chi connectivity index (χ1n) is 4.57. The van der Waals surface area contributed by atoms with Crippen LogP contribution in [0, 0.1) is 6.57 Å². The van der Waals surface area contributed by atoms with Gasteiger partial charge in [0.2, 0.25) is 6.54 Å². The smallest absolute Gasteiger partial charge is 0.218 e. The Morgan fingerprint density at radius 2 is 2.07 bits per heavy atom. The molecule has 1 aromatic heterocycles. The fourth-order valence-electron chi connectivity index (χ4n) is 1.55. The van der Waals surface area contributed by atoms with Gasteiger partial charge < -0.3 is 4.85 Å². The number of fused-ring (bicyclic) bond motifs is 1. The summed E-state index contributed by atoms with van der Waals surface area (Å²) in [5.74, 6) is 0. The van der Waals surface area contributed by atoms with Crippen molar-refractivity contribution in [3.8, 4) is 0 Å². The molecule has 14 heavy (non-hydrogen) atoms. The molecule has 0 amide bonds. The van der Waals surface area contributed by atoms with Crippen molar-refractivity contribution in [3.05, 3.63) is 53.5 Å². The van der Waals surface area contributed by atoms with E-state index < -0.39 is 0 Å². The van der Waals surface area contributed by atoms with Gasteiger partial charge >= 0.3 is 0 Å². The molecule has 0 saturated carbocycles. The predicted molar refractivity (Wildman–Crippen MR) is 56.9 cm³/mol. The van der Waals surface area contributed by atoms with Gasteiger partial charge in [-0.3, -0.25) is 4.98 Å². The Labute approximate surface area is 83.0 Å². The van der Waals surface area contributed by atoms with E-state index in [-0.39, 0.29) is 0 Å². The van der Waals surface area contributed by atoms with E-state index in [4.69, 9.17) is 6.57 Å². The van der Waals surface area contributed by atoms with Crippen LogP contribution >= 0.6 is 0 Å². The van der Waals surface area contributed by atoms with E-state index in [1.54, 1.807) is 0 Å². The lowest BCUT2D eigenvalue weighted by Crippen LogP contribution is -1.90. The van der Waals surface area contributed by atoms with Crippen LogP contribution in [0.25, 0.3) is 15.7 Å². The first-order valence-corrected chi connectivity index (χ1v) is 4.57. The molecule has 2 heteroatoms. The summed E-state index contributed by atoms with van der Waals surface area (Å²) in [6, 6.07) is 10.0. The fraction of sp³-hybridized carbons (Fsp3) is 0.167. The summed E-state index contributed by atoms with van der Waals surface area (Å²) in [5.41, 5.74) is 2.22. The molecule has 2 nitrogen and oxygen atoms in total. The highest BCUT2D eigenvalue weighted by Crippen LogP contribution is 2.16. The SMILES string of the molecule is [C-]#[N+]CCc1ccnc2ccccc12. The van der Waals surface area contributed by atoms with Crippen molar-refractivity contribution in [2.45, 2.75) is 6.42 Å². The van der Waals surface area contributed by atoms with Crippen molar-refractivity contribution in [2.24, 2.45) is 0 Å². The van der Waals surface area contributed by atoms with Crippen LogP contribution in [0.3, 0.4) is 0 Å². The van der Waals surface area contributed by atoms with Crippen molar-refractivity contribution < 1.29 is 0 Å². The highest BCUT2D eigenvalue weighted by Gasteiger charge is 2.01. The molecule has 0 unspecified atom stereocenters. The van der Waals surface area contributed by atoms with E-state index in [0.29, 0.717) is 6.54 Å². The van der Waals surface area contributed by atoms with Crippen LogP contribution in [0.1, 0.15) is 5.56 Å². The minimum absolute atomic E-state index is 0.550. The van der Waals surface area contributed by atoms with Crippen molar-refractivity contribution in [2.75, 3.05) is 6.54 Å². The lowest BCUT2D eigenvalue weighted by molar-refractivity contribution is 1.09. The van der Waals surface area contributed by atoms with Crippen LogP contribution in [0.2, 0.25) is 0 Å². The Kier molecular flexibility index (Phi) is 2.42. The number of para-hydroxylation sites is 1. The van der Waals surface area contributed by atoms with Gasteiger partial charge in [0.1, 0.15) is 0 Å². The zero-order chi connectivity index (χ0) is 9.80. The topological polar surface area (TPSA) is 17.2 Å². The average molecular weight is 182 g/mol. The molecule has 0 N–H and O–H groups in total. The predicted octanol–water partition coefficient (Wildman–Crippen LogP) is 2.70. The number of hydrogen-bond acceptors (Lipinski definition) is 1. The zero-order valence-electron chi connectivity index (χ0n) is 7.77. The van der Waals surface area contributed by atoms with Gasteiger partial charge in [-0.25, -0.2) is 6.57 Å². The average Bonchev–Trinajstić information content (AvgIpc) is 2.26. The molecular formula is C12H10N2. The molecule has 0 atom stereocenters. The van der Waals surface area contributed by atoms with Crippen molar-refractivity contribution in [1.29, 1.82) is 0 Å². The van der Waals surface area contributed by atoms with Gasteiger partial charge in [0.15, 0.2) is 0 Å². The normalized spacial score (nSPS) is 9.93. The Bertz CT molecular complexity index is 478. The second kappa shape index (κ2) is 3.89. The largest absolute Gasteiger partial charge is 0.317 e. The molecule has 68 valence electrons. The molecule has 0 saturated heterocycles. The molecule has 2 rings (SSSR count). The minimum Gasteiger partial charge on any atom is -0.317 e.